The van der Waals surface area contributed by atoms with Crippen molar-refractivity contribution in [3.8, 4) is 5.75 Å². The maximum atomic E-state index is 12.3. The van der Waals surface area contributed by atoms with E-state index in [2.05, 4.69) is 49.3 Å². The van der Waals surface area contributed by atoms with Gasteiger partial charge in [-0.25, -0.2) is 5.43 Å². The Morgan fingerprint density at radius 1 is 1.31 bits per heavy atom. The monoisotopic (exact) mass is 433 g/mol. The number of carbonyl (C=O) groups is 1. The van der Waals surface area contributed by atoms with Crippen LogP contribution in [-0.2, 0) is 0 Å². The highest BCUT2D eigenvalue weighted by atomic mass is 35.5. The average molecular weight is 434 g/mol. The van der Waals surface area contributed by atoms with E-state index in [4.69, 9.17) is 27.9 Å². The predicted molar refractivity (Wildman–Crippen MR) is 120 cm³/mol. The predicted octanol–water partition coefficient (Wildman–Crippen LogP) is 5.49. The van der Waals surface area contributed by atoms with Crippen molar-refractivity contribution in [2.45, 2.75) is 38.6 Å². The smallest absolute Gasteiger partial charge is 0.272 e. The van der Waals surface area contributed by atoms with Gasteiger partial charge in [-0.05, 0) is 56.0 Å². The van der Waals surface area contributed by atoms with Gasteiger partial charge in [-0.3, -0.25) is 4.79 Å². The molecule has 154 valence electrons. The minimum Gasteiger partial charge on any atom is -0.496 e. The zero-order valence-corrected chi connectivity index (χ0v) is 18.7. The molecule has 1 heterocycles. The van der Waals surface area contributed by atoms with Crippen LogP contribution in [0.3, 0.4) is 0 Å². The second kappa shape index (κ2) is 8.25. The second-order valence-corrected chi connectivity index (χ2v) is 8.80. The second-order valence-electron chi connectivity index (χ2n) is 7.95. The first kappa shape index (κ1) is 21.5. The maximum absolute atomic E-state index is 12.3. The molecule has 1 unspecified atom stereocenters. The summed E-state index contributed by atoms with van der Waals surface area (Å²) in [6.07, 6.45) is 2.64. The molecule has 0 bridgehead atoms. The molecule has 29 heavy (non-hydrogen) atoms. The number of rotatable bonds is 4. The molecule has 1 aliphatic heterocycles. The van der Waals surface area contributed by atoms with Crippen molar-refractivity contribution < 1.29 is 9.53 Å². The summed E-state index contributed by atoms with van der Waals surface area (Å²) in [5.41, 5.74) is 6.08. The number of halogens is 2. The lowest BCUT2D eigenvalue weighted by Gasteiger charge is -2.45. The summed E-state index contributed by atoms with van der Waals surface area (Å²) in [6.45, 7) is 6.71. The van der Waals surface area contributed by atoms with Crippen LogP contribution in [0.5, 0.6) is 5.75 Å². The Kier molecular flexibility index (Phi) is 6.11. The van der Waals surface area contributed by atoms with E-state index in [0.717, 1.165) is 17.7 Å². The van der Waals surface area contributed by atoms with Gasteiger partial charge < -0.3 is 9.64 Å². The first-order valence-electron chi connectivity index (χ1n) is 9.38. The van der Waals surface area contributed by atoms with Crippen molar-refractivity contribution in [1.29, 1.82) is 0 Å². The van der Waals surface area contributed by atoms with Gasteiger partial charge in [0.1, 0.15) is 5.75 Å². The molecule has 7 heteroatoms. The molecular weight excluding hydrogens is 409 g/mol. The van der Waals surface area contributed by atoms with E-state index in [9.17, 15) is 4.79 Å². The fraction of sp³-hybridized carbons (Fsp3) is 0.364. The molecule has 1 N–H and O–H groups in total. The summed E-state index contributed by atoms with van der Waals surface area (Å²) in [6, 6.07) is 8.81. The molecule has 3 rings (SSSR count). The third-order valence-electron chi connectivity index (χ3n) is 5.53. The van der Waals surface area contributed by atoms with Crippen LogP contribution >= 0.6 is 23.2 Å². The summed E-state index contributed by atoms with van der Waals surface area (Å²) in [5.74, 6) is 0.689. The molecule has 0 spiro atoms. The number of hydrogen-bond acceptors (Lipinski definition) is 4. The van der Waals surface area contributed by atoms with Crippen molar-refractivity contribution in [2.75, 3.05) is 19.1 Å². The zero-order chi connectivity index (χ0) is 21.3. The fourth-order valence-electron chi connectivity index (χ4n) is 3.78. The van der Waals surface area contributed by atoms with E-state index in [1.165, 1.54) is 11.6 Å². The summed E-state index contributed by atoms with van der Waals surface area (Å²) in [7, 11) is 3.73. The van der Waals surface area contributed by atoms with Gasteiger partial charge in [-0.15, -0.1) is 0 Å². The Morgan fingerprint density at radius 3 is 2.69 bits per heavy atom. The minimum atomic E-state index is -0.408. The zero-order valence-electron chi connectivity index (χ0n) is 17.2. The van der Waals surface area contributed by atoms with E-state index in [1.807, 2.05) is 6.07 Å². The Balaban J connectivity index is 1.86. The minimum absolute atomic E-state index is 0.0683. The molecule has 1 atom stereocenters. The number of fused-ring (bicyclic) bond motifs is 1. The summed E-state index contributed by atoms with van der Waals surface area (Å²) >= 11 is 12.0. The van der Waals surface area contributed by atoms with Crippen LogP contribution in [0.25, 0.3) is 0 Å². The molecule has 1 amide bonds. The molecule has 0 aromatic heterocycles. The van der Waals surface area contributed by atoms with Crippen LogP contribution in [0.4, 0.5) is 5.69 Å². The van der Waals surface area contributed by atoms with Crippen LogP contribution in [0, 0.1) is 0 Å². The number of amides is 1. The van der Waals surface area contributed by atoms with Crippen molar-refractivity contribution >= 4 is 41.0 Å². The molecule has 0 saturated heterocycles. The van der Waals surface area contributed by atoms with Gasteiger partial charge in [0.2, 0.25) is 0 Å². The molecule has 0 radical (unpaired) electrons. The Labute approximate surface area is 181 Å². The number of methoxy groups -OCH3 is 1. The molecule has 2 aromatic rings. The highest BCUT2D eigenvalue weighted by Gasteiger charge is 2.34. The number of anilines is 1. The molecule has 5 nitrogen and oxygen atoms in total. The highest BCUT2D eigenvalue weighted by molar-refractivity contribution is 6.36. The quantitative estimate of drug-likeness (QED) is 0.512. The first-order valence-corrected chi connectivity index (χ1v) is 10.1. The topological polar surface area (TPSA) is 53.9 Å². The first-order chi connectivity index (χ1) is 13.6. The van der Waals surface area contributed by atoms with E-state index in [-0.39, 0.29) is 10.6 Å². The summed E-state index contributed by atoms with van der Waals surface area (Å²) < 4.78 is 5.57. The van der Waals surface area contributed by atoms with Crippen LogP contribution < -0.4 is 15.1 Å². The molecular formula is C22H25Cl2N3O2. The number of carbonyl (C=O) groups excluding carboxylic acids is 1. The molecule has 2 aromatic carbocycles. The third kappa shape index (κ3) is 4.36. The van der Waals surface area contributed by atoms with Gasteiger partial charge in [0.25, 0.3) is 5.91 Å². The Bertz CT molecular complexity index is 973. The molecule has 1 aliphatic rings. The van der Waals surface area contributed by atoms with Gasteiger partial charge in [0.05, 0.1) is 23.9 Å². The number of hydrogen-bond donors (Lipinski definition) is 1. The SMILES string of the molecule is COc1cc2c(cc1/C=N\NC(=O)c1ccc(Cl)cc1Cl)C(C)CC(C)(C)N2C. The molecule has 0 fully saturated rings. The van der Waals surface area contributed by atoms with E-state index < -0.39 is 5.91 Å². The molecule has 0 aliphatic carbocycles. The lowest BCUT2D eigenvalue weighted by Crippen LogP contribution is -2.45. The normalized spacial score (nSPS) is 17.9. The Morgan fingerprint density at radius 2 is 2.03 bits per heavy atom. The van der Waals surface area contributed by atoms with Crippen LogP contribution in [0.15, 0.2) is 35.4 Å². The van der Waals surface area contributed by atoms with Crippen molar-refractivity contribution in [1.82, 2.24) is 5.43 Å². The standard InChI is InChI=1S/C22H25Cl2N3O2/c1-13-11-22(2,3)27(4)19-10-20(29-5)14(8-17(13)19)12-25-26-21(28)16-7-6-15(23)9-18(16)24/h6-10,12-13H,11H2,1-5H3,(H,26,28)/b25-12-. The number of nitrogens with one attached hydrogen (secondary N) is 1. The van der Waals surface area contributed by atoms with E-state index in [1.54, 1.807) is 25.5 Å². The van der Waals surface area contributed by atoms with Crippen molar-refractivity contribution in [3.63, 3.8) is 0 Å². The largest absolute Gasteiger partial charge is 0.496 e. The van der Waals surface area contributed by atoms with Crippen molar-refractivity contribution in [3.05, 3.63) is 57.1 Å². The summed E-state index contributed by atoms with van der Waals surface area (Å²) in [5, 5.41) is 4.84. The van der Waals surface area contributed by atoms with Gasteiger partial charge >= 0.3 is 0 Å². The van der Waals surface area contributed by atoms with Gasteiger partial charge in [0.15, 0.2) is 0 Å². The van der Waals surface area contributed by atoms with Gasteiger partial charge in [-0.2, -0.15) is 5.10 Å². The number of hydrazone groups is 1. The molecule has 0 saturated carbocycles. The van der Waals surface area contributed by atoms with Crippen LogP contribution in [0.2, 0.25) is 10.0 Å². The number of nitrogens with zero attached hydrogens (tertiary/aromatic N) is 2. The number of ether oxygens (including phenoxy) is 1. The summed E-state index contributed by atoms with van der Waals surface area (Å²) in [4.78, 5) is 14.6. The maximum Gasteiger partial charge on any atom is 0.272 e. The lowest BCUT2D eigenvalue weighted by atomic mass is 9.80. The average Bonchev–Trinajstić information content (AvgIpc) is 2.65. The van der Waals surface area contributed by atoms with Crippen molar-refractivity contribution in [2.24, 2.45) is 5.10 Å². The fourth-order valence-corrected chi connectivity index (χ4v) is 4.28. The van der Waals surface area contributed by atoms with Gasteiger partial charge in [0, 0.05) is 34.9 Å². The third-order valence-corrected chi connectivity index (χ3v) is 6.08. The van der Waals surface area contributed by atoms with E-state index >= 15 is 0 Å². The lowest BCUT2D eigenvalue weighted by molar-refractivity contribution is 0.0955. The number of benzene rings is 2. The highest BCUT2D eigenvalue weighted by Crippen LogP contribution is 2.44. The Hall–Kier alpha value is -2.24. The van der Waals surface area contributed by atoms with Crippen LogP contribution in [0.1, 0.15) is 54.6 Å². The van der Waals surface area contributed by atoms with E-state index in [0.29, 0.717) is 22.3 Å². The van der Waals surface area contributed by atoms with Crippen LogP contribution in [-0.4, -0.2) is 31.8 Å². The van der Waals surface area contributed by atoms with Gasteiger partial charge in [-0.1, -0.05) is 30.1 Å².